The number of carbonyl (C=O) groups is 2. The molecule has 2 aromatic rings. The van der Waals surface area contributed by atoms with Gasteiger partial charge in [-0.2, -0.15) is 0 Å². The highest BCUT2D eigenvalue weighted by Gasteiger charge is 2.29. The molecule has 1 aliphatic rings. The van der Waals surface area contributed by atoms with E-state index in [-0.39, 0.29) is 25.7 Å². The van der Waals surface area contributed by atoms with Gasteiger partial charge in [0.05, 0.1) is 13.2 Å². The van der Waals surface area contributed by atoms with Gasteiger partial charge in [-0.1, -0.05) is 48.5 Å². The minimum atomic E-state index is -1.06. The highest BCUT2D eigenvalue weighted by molar-refractivity contribution is 5.79. The summed E-state index contributed by atoms with van der Waals surface area (Å²) in [7, 11) is 0. The Kier molecular flexibility index (Phi) is 5.86. The molecule has 1 N–H and O–H groups in total. The maximum absolute atomic E-state index is 12.4. The predicted molar refractivity (Wildman–Crippen MR) is 95.1 cm³/mol. The molecule has 0 aromatic heterocycles. The van der Waals surface area contributed by atoms with Crippen LogP contribution in [0.1, 0.15) is 11.1 Å². The molecule has 1 fully saturated rings. The SMILES string of the molecule is O=C(O)C1CN(C(=O)COc2ccccc2Cc2ccccc2)CCO1. The first-order chi connectivity index (χ1) is 12.6. The summed E-state index contributed by atoms with van der Waals surface area (Å²) in [5.41, 5.74) is 2.16. The molecule has 26 heavy (non-hydrogen) atoms. The number of benzene rings is 2. The number of hydrogen-bond donors (Lipinski definition) is 1. The van der Waals surface area contributed by atoms with Gasteiger partial charge in [0.15, 0.2) is 12.7 Å². The Morgan fingerprint density at radius 1 is 1.12 bits per heavy atom. The van der Waals surface area contributed by atoms with E-state index in [9.17, 15) is 9.59 Å². The number of hydrogen-bond acceptors (Lipinski definition) is 4. The van der Waals surface area contributed by atoms with E-state index in [2.05, 4.69) is 0 Å². The first-order valence-corrected chi connectivity index (χ1v) is 8.50. The first-order valence-electron chi connectivity index (χ1n) is 8.50. The van der Waals surface area contributed by atoms with E-state index >= 15 is 0 Å². The van der Waals surface area contributed by atoms with Crippen molar-refractivity contribution in [3.63, 3.8) is 0 Å². The van der Waals surface area contributed by atoms with Gasteiger partial charge in [-0.05, 0) is 17.2 Å². The van der Waals surface area contributed by atoms with Crippen LogP contribution in [0.15, 0.2) is 54.6 Å². The summed E-state index contributed by atoms with van der Waals surface area (Å²) in [5.74, 6) is -0.640. The highest BCUT2D eigenvalue weighted by atomic mass is 16.5. The maximum atomic E-state index is 12.4. The molecule has 0 spiro atoms. The number of ether oxygens (including phenoxy) is 2. The van der Waals surface area contributed by atoms with Crippen LogP contribution in [0.5, 0.6) is 5.75 Å². The minimum absolute atomic E-state index is 0.0448. The summed E-state index contributed by atoms with van der Waals surface area (Å²) in [5, 5.41) is 9.03. The van der Waals surface area contributed by atoms with Crippen molar-refractivity contribution in [2.75, 3.05) is 26.3 Å². The smallest absolute Gasteiger partial charge is 0.334 e. The molecular weight excluding hydrogens is 334 g/mol. The molecule has 6 heteroatoms. The lowest BCUT2D eigenvalue weighted by Crippen LogP contribution is -2.49. The van der Waals surface area contributed by atoms with E-state index in [1.54, 1.807) is 0 Å². The summed E-state index contributed by atoms with van der Waals surface area (Å²) in [6.45, 7) is 0.506. The Bertz CT molecular complexity index is 762. The van der Waals surface area contributed by atoms with Crippen molar-refractivity contribution < 1.29 is 24.2 Å². The number of para-hydroxylation sites is 1. The van der Waals surface area contributed by atoms with Gasteiger partial charge in [0.1, 0.15) is 5.75 Å². The molecule has 6 nitrogen and oxygen atoms in total. The van der Waals surface area contributed by atoms with Crippen molar-refractivity contribution in [3.05, 3.63) is 65.7 Å². The standard InChI is InChI=1S/C20H21NO5/c22-19(21-10-11-25-18(13-21)20(23)24)14-26-17-9-5-4-8-16(17)12-15-6-2-1-3-7-15/h1-9,18H,10-14H2,(H,23,24). The molecule has 0 radical (unpaired) electrons. The van der Waals surface area contributed by atoms with Crippen molar-refractivity contribution in [1.29, 1.82) is 0 Å². The number of rotatable bonds is 6. The van der Waals surface area contributed by atoms with Crippen LogP contribution in [-0.2, 0) is 20.7 Å². The van der Waals surface area contributed by atoms with Crippen molar-refractivity contribution in [3.8, 4) is 5.75 Å². The third kappa shape index (κ3) is 4.61. The molecule has 1 atom stereocenters. The molecule has 3 rings (SSSR count). The zero-order valence-electron chi connectivity index (χ0n) is 14.3. The van der Waals surface area contributed by atoms with Gasteiger partial charge in [-0.3, -0.25) is 4.79 Å². The van der Waals surface area contributed by atoms with E-state index in [4.69, 9.17) is 14.6 Å². The fourth-order valence-electron chi connectivity index (χ4n) is 2.86. The highest BCUT2D eigenvalue weighted by Crippen LogP contribution is 2.21. The summed E-state index contributed by atoms with van der Waals surface area (Å²) < 4.78 is 10.9. The van der Waals surface area contributed by atoms with Crippen LogP contribution in [0.3, 0.4) is 0 Å². The predicted octanol–water partition coefficient (Wildman–Crippen LogP) is 1.97. The molecule has 0 saturated carbocycles. The van der Waals surface area contributed by atoms with Crippen molar-refractivity contribution in [1.82, 2.24) is 4.90 Å². The average molecular weight is 355 g/mol. The van der Waals surface area contributed by atoms with Crippen molar-refractivity contribution in [2.45, 2.75) is 12.5 Å². The van der Waals surface area contributed by atoms with Crippen molar-refractivity contribution in [2.24, 2.45) is 0 Å². The zero-order chi connectivity index (χ0) is 18.4. The van der Waals surface area contributed by atoms with Crippen LogP contribution in [0.2, 0.25) is 0 Å². The van der Waals surface area contributed by atoms with Crippen molar-refractivity contribution >= 4 is 11.9 Å². The fraction of sp³-hybridized carbons (Fsp3) is 0.300. The number of carboxylic acids is 1. The largest absolute Gasteiger partial charge is 0.483 e. The van der Waals surface area contributed by atoms with Gasteiger partial charge < -0.3 is 19.5 Å². The summed E-state index contributed by atoms with van der Waals surface area (Å²) in [6.07, 6.45) is -0.262. The Morgan fingerprint density at radius 3 is 2.62 bits per heavy atom. The summed E-state index contributed by atoms with van der Waals surface area (Å²) in [4.78, 5) is 24.9. The fourth-order valence-corrected chi connectivity index (χ4v) is 2.86. The van der Waals surface area contributed by atoms with Gasteiger partial charge in [0.2, 0.25) is 0 Å². The first kappa shape index (κ1) is 17.9. The molecule has 136 valence electrons. The molecule has 1 heterocycles. The van der Waals surface area contributed by atoms with Gasteiger partial charge in [0, 0.05) is 13.0 Å². The van der Waals surface area contributed by atoms with Crippen LogP contribution in [0.4, 0.5) is 0 Å². The molecular formula is C20H21NO5. The second-order valence-electron chi connectivity index (χ2n) is 6.10. The van der Waals surface area contributed by atoms with Crippen LogP contribution < -0.4 is 4.74 Å². The van der Waals surface area contributed by atoms with Crippen LogP contribution in [-0.4, -0.2) is 54.3 Å². The monoisotopic (exact) mass is 355 g/mol. The zero-order valence-corrected chi connectivity index (χ0v) is 14.3. The second-order valence-corrected chi connectivity index (χ2v) is 6.10. The third-order valence-electron chi connectivity index (χ3n) is 4.26. The molecule has 1 amide bonds. The van der Waals surface area contributed by atoms with E-state index in [0.717, 1.165) is 11.1 Å². The quantitative estimate of drug-likeness (QED) is 0.857. The Balaban J connectivity index is 1.61. The van der Waals surface area contributed by atoms with Gasteiger partial charge in [-0.25, -0.2) is 4.79 Å². The van der Waals surface area contributed by atoms with Crippen LogP contribution in [0, 0.1) is 0 Å². The lowest BCUT2D eigenvalue weighted by molar-refractivity contribution is -0.159. The number of carboxylic acid groups (broad SMARTS) is 1. The number of aliphatic carboxylic acids is 1. The van der Waals surface area contributed by atoms with Gasteiger partial charge in [0.25, 0.3) is 5.91 Å². The van der Waals surface area contributed by atoms with Gasteiger partial charge >= 0.3 is 5.97 Å². The maximum Gasteiger partial charge on any atom is 0.334 e. The topological polar surface area (TPSA) is 76.1 Å². The lowest BCUT2D eigenvalue weighted by Gasteiger charge is -2.30. The van der Waals surface area contributed by atoms with E-state index in [0.29, 0.717) is 18.7 Å². The number of morpholine rings is 1. The molecule has 1 unspecified atom stereocenters. The molecule has 0 bridgehead atoms. The van der Waals surface area contributed by atoms with E-state index in [1.165, 1.54) is 4.90 Å². The summed E-state index contributed by atoms with van der Waals surface area (Å²) >= 11 is 0. The number of carbonyl (C=O) groups excluding carboxylic acids is 1. The third-order valence-corrected chi connectivity index (χ3v) is 4.26. The number of amides is 1. The van der Waals surface area contributed by atoms with Gasteiger partial charge in [-0.15, -0.1) is 0 Å². The molecule has 0 aliphatic carbocycles. The normalized spacial score (nSPS) is 16.9. The minimum Gasteiger partial charge on any atom is -0.483 e. The second kappa shape index (κ2) is 8.49. The molecule has 1 saturated heterocycles. The van der Waals surface area contributed by atoms with E-state index < -0.39 is 12.1 Å². The Morgan fingerprint density at radius 2 is 1.85 bits per heavy atom. The lowest BCUT2D eigenvalue weighted by atomic mass is 10.0. The Hall–Kier alpha value is -2.86. The molecule has 2 aromatic carbocycles. The number of nitrogens with zero attached hydrogens (tertiary/aromatic N) is 1. The Labute approximate surface area is 152 Å². The summed E-state index contributed by atoms with van der Waals surface area (Å²) in [6, 6.07) is 17.6. The average Bonchev–Trinajstić information content (AvgIpc) is 2.68. The molecule has 1 aliphatic heterocycles. The van der Waals surface area contributed by atoms with Crippen LogP contribution >= 0.6 is 0 Å². The van der Waals surface area contributed by atoms with Crippen LogP contribution in [0.25, 0.3) is 0 Å². The van der Waals surface area contributed by atoms with E-state index in [1.807, 2.05) is 54.6 Å².